The van der Waals surface area contributed by atoms with Gasteiger partial charge in [0, 0.05) is 30.5 Å². The molecule has 0 aliphatic carbocycles. The first kappa shape index (κ1) is 20.5. The summed E-state index contributed by atoms with van der Waals surface area (Å²) in [6.07, 6.45) is 5.58. The Morgan fingerprint density at radius 1 is 1.07 bits per heavy atom. The van der Waals surface area contributed by atoms with E-state index in [2.05, 4.69) is 21.5 Å². The Morgan fingerprint density at radius 2 is 1.87 bits per heavy atom. The standard InChI is InChI=1S/C23H14Cl2N2O2S/c24-19-6-4-17(13-20(19)25)14-22-23(28)18-12-16(5-7-21(18)27-30(22)29)3-1-2-15-8-10-26-11-9-15/h4-14,27H,2H2/b22-14+. The Morgan fingerprint density at radius 3 is 2.63 bits per heavy atom. The first-order valence-corrected chi connectivity index (χ1v) is 10.8. The van der Waals surface area contributed by atoms with E-state index >= 15 is 0 Å². The number of Topliss-reactive ketones (excluding diaryl/α,β-unsaturated/α-hetero) is 1. The summed E-state index contributed by atoms with van der Waals surface area (Å²) in [5, 5.41) is 0.772. The molecule has 1 aliphatic rings. The van der Waals surface area contributed by atoms with Gasteiger partial charge in [-0.15, -0.1) is 0 Å². The number of ketones is 1. The van der Waals surface area contributed by atoms with E-state index in [0.717, 1.165) is 5.56 Å². The molecule has 148 valence electrons. The fourth-order valence-corrected chi connectivity index (χ4v) is 4.21. The van der Waals surface area contributed by atoms with Gasteiger partial charge in [0.2, 0.25) is 10.7 Å². The Kier molecular flexibility index (Phi) is 6.12. The number of rotatable bonds is 2. The minimum absolute atomic E-state index is 0.141. The van der Waals surface area contributed by atoms with Gasteiger partial charge < -0.3 is 4.55 Å². The summed E-state index contributed by atoms with van der Waals surface area (Å²) in [6.45, 7) is 0. The van der Waals surface area contributed by atoms with Crippen LogP contribution in [0.2, 0.25) is 10.0 Å². The second-order valence-electron chi connectivity index (χ2n) is 6.48. The molecule has 2 heterocycles. The fourth-order valence-electron chi connectivity index (χ4n) is 2.89. The van der Waals surface area contributed by atoms with Crippen LogP contribution in [0.1, 0.15) is 27.0 Å². The second kappa shape index (κ2) is 8.95. The van der Waals surface area contributed by atoms with Gasteiger partial charge in [-0.2, -0.15) is 0 Å². The lowest BCUT2D eigenvalue weighted by Crippen LogP contribution is -2.27. The maximum Gasteiger partial charge on any atom is 0.245 e. The van der Waals surface area contributed by atoms with Crippen molar-refractivity contribution in [3.8, 4) is 11.8 Å². The van der Waals surface area contributed by atoms with Crippen molar-refractivity contribution in [2.24, 2.45) is 0 Å². The highest BCUT2D eigenvalue weighted by molar-refractivity contribution is 7.97. The fraction of sp³-hybridized carbons (Fsp3) is 0.0435. The molecule has 0 fully saturated rings. The van der Waals surface area contributed by atoms with Crippen molar-refractivity contribution >= 4 is 52.1 Å². The first-order chi connectivity index (χ1) is 14.5. The van der Waals surface area contributed by atoms with Crippen LogP contribution in [-0.2, 0) is 17.8 Å². The molecule has 0 amide bonds. The molecular weight excluding hydrogens is 439 g/mol. The van der Waals surface area contributed by atoms with Crippen molar-refractivity contribution in [1.82, 2.24) is 4.98 Å². The maximum absolute atomic E-state index is 13.0. The van der Waals surface area contributed by atoms with Crippen molar-refractivity contribution < 1.29 is 9.35 Å². The minimum Gasteiger partial charge on any atom is -0.588 e. The number of aromatic nitrogens is 1. The normalized spacial score (nSPS) is 16.4. The van der Waals surface area contributed by atoms with Crippen LogP contribution in [0.4, 0.5) is 5.69 Å². The van der Waals surface area contributed by atoms with E-state index in [1.165, 1.54) is 0 Å². The molecule has 1 N–H and O–H groups in total. The number of fused-ring (bicyclic) bond motifs is 1. The average molecular weight is 453 g/mol. The lowest BCUT2D eigenvalue weighted by molar-refractivity contribution is 0.104. The summed E-state index contributed by atoms with van der Waals surface area (Å²) in [5.74, 6) is 5.86. The monoisotopic (exact) mass is 452 g/mol. The third-order valence-corrected chi connectivity index (χ3v) is 6.25. The van der Waals surface area contributed by atoms with Gasteiger partial charge in [-0.25, -0.2) is 4.72 Å². The van der Waals surface area contributed by atoms with Crippen LogP contribution in [0.5, 0.6) is 0 Å². The molecule has 0 radical (unpaired) electrons. The molecule has 0 spiro atoms. The van der Waals surface area contributed by atoms with Crippen LogP contribution < -0.4 is 4.72 Å². The smallest absolute Gasteiger partial charge is 0.245 e. The molecule has 1 unspecified atom stereocenters. The lowest BCUT2D eigenvalue weighted by atomic mass is 10.0. The quantitative estimate of drug-likeness (QED) is 0.325. The molecular formula is C23H14Cl2N2O2S. The topological polar surface area (TPSA) is 65.0 Å². The molecule has 0 bridgehead atoms. The maximum atomic E-state index is 13.0. The zero-order valence-corrected chi connectivity index (χ0v) is 17.8. The van der Waals surface area contributed by atoms with Crippen molar-refractivity contribution in [3.05, 3.63) is 98.1 Å². The third kappa shape index (κ3) is 4.53. The number of anilines is 1. The summed E-state index contributed by atoms with van der Waals surface area (Å²) in [6, 6.07) is 14.0. The van der Waals surface area contributed by atoms with Gasteiger partial charge >= 0.3 is 0 Å². The van der Waals surface area contributed by atoms with E-state index in [9.17, 15) is 9.35 Å². The Balaban J connectivity index is 1.61. The zero-order valence-electron chi connectivity index (χ0n) is 15.5. The van der Waals surface area contributed by atoms with Gasteiger partial charge in [0.25, 0.3) is 0 Å². The average Bonchev–Trinajstić information content (AvgIpc) is 2.75. The predicted octanol–water partition coefficient (Wildman–Crippen LogP) is 5.30. The number of allylic oxidation sites excluding steroid dienone is 1. The molecule has 1 aromatic heterocycles. The summed E-state index contributed by atoms with van der Waals surface area (Å²) in [5.41, 5.74) is 3.36. The highest BCUT2D eigenvalue weighted by atomic mass is 35.5. The summed E-state index contributed by atoms with van der Waals surface area (Å²) in [4.78, 5) is 17.1. The highest BCUT2D eigenvalue weighted by Gasteiger charge is 2.33. The zero-order chi connectivity index (χ0) is 21.1. The number of nitrogens with zero attached hydrogens (tertiary/aromatic N) is 1. The second-order valence-corrected chi connectivity index (χ2v) is 8.47. The van der Waals surface area contributed by atoms with Gasteiger partial charge in [-0.3, -0.25) is 9.78 Å². The van der Waals surface area contributed by atoms with Gasteiger partial charge in [0.1, 0.15) is 11.4 Å². The van der Waals surface area contributed by atoms with Crippen LogP contribution in [0.15, 0.2) is 65.8 Å². The van der Waals surface area contributed by atoms with Crippen LogP contribution in [-0.4, -0.2) is 15.3 Å². The predicted molar refractivity (Wildman–Crippen MR) is 122 cm³/mol. The van der Waals surface area contributed by atoms with E-state index < -0.39 is 11.4 Å². The number of hydrogen-bond donors (Lipinski definition) is 1. The molecule has 4 nitrogen and oxygen atoms in total. The number of hydrogen-bond acceptors (Lipinski definition) is 4. The third-order valence-electron chi connectivity index (χ3n) is 4.41. The van der Waals surface area contributed by atoms with Crippen molar-refractivity contribution in [2.45, 2.75) is 6.42 Å². The van der Waals surface area contributed by atoms with E-state index in [1.807, 2.05) is 12.1 Å². The number of nitrogens with one attached hydrogen (secondary N) is 1. The van der Waals surface area contributed by atoms with Crippen LogP contribution >= 0.6 is 23.2 Å². The van der Waals surface area contributed by atoms with Crippen LogP contribution in [0.3, 0.4) is 0 Å². The molecule has 0 saturated heterocycles. The van der Waals surface area contributed by atoms with Crippen molar-refractivity contribution in [3.63, 3.8) is 0 Å². The van der Waals surface area contributed by atoms with E-state index in [4.69, 9.17) is 23.2 Å². The SMILES string of the molecule is O=C1/C(=C\c2ccc(Cl)c(Cl)c2)[S+]([O-])Nc2ccc(C#CCc3ccncc3)cc21. The number of pyridine rings is 1. The molecule has 1 atom stereocenters. The molecule has 1 aliphatic heterocycles. The lowest BCUT2D eigenvalue weighted by Gasteiger charge is -2.21. The molecule has 0 saturated carbocycles. The Bertz CT molecular complexity index is 1220. The highest BCUT2D eigenvalue weighted by Crippen LogP contribution is 2.32. The van der Waals surface area contributed by atoms with Gasteiger partial charge in [-0.05, 0) is 53.6 Å². The minimum atomic E-state index is -1.68. The number of halogens is 2. The molecule has 2 aromatic carbocycles. The van der Waals surface area contributed by atoms with E-state index in [0.29, 0.717) is 38.8 Å². The largest absolute Gasteiger partial charge is 0.588 e. The number of carbonyl (C=O) groups is 1. The van der Waals surface area contributed by atoms with E-state index in [1.54, 1.807) is 54.9 Å². The molecule has 30 heavy (non-hydrogen) atoms. The summed E-state index contributed by atoms with van der Waals surface area (Å²) < 4.78 is 15.4. The van der Waals surface area contributed by atoms with E-state index in [-0.39, 0.29) is 10.7 Å². The van der Waals surface area contributed by atoms with Gasteiger partial charge in [0.15, 0.2) is 0 Å². The Hall–Kier alpha value is -2.75. The molecule has 7 heteroatoms. The Labute approximate surface area is 187 Å². The summed E-state index contributed by atoms with van der Waals surface area (Å²) >= 11 is 10.3. The first-order valence-electron chi connectivity index (χ1n) is 8.93. The van der Waals surface area contributed by atoms with Gasteiger partial charge in [-0.1, -0.05) is 41.1 Å². The van der Waals surface area contributed by atoms with Crippen molar-refractivity contribution in [2.75, 3.05) is 4.72 Å². The number of benzene rings is 2. The van der Waals surface area contributed by atoms with Crippen molar-refractivity contribution in [1.29, 1.82) is 0 Å². The molecule has 4 rings (SSSR count). The summed E-state index contributed by atoms with van der Waals surface area (Å²) in [7, 11) is 0. The molecule has 3 aromatic rings. The number of carbonyl (C=O) groups excluding carboxylic acids is 1. The van der Waals surface area contributed by atoms with Gasteiger partial charge in [0.05, 0.1) is 21.3 Å². The van der Waals surface area contributed by atoms with Crippen LogP contribution in [0, 0.1) is 11.8 Å². The van der Waals surface area contributed by atoms with Crippen LogP contribution in [0.25, 0.3) is 6.08 Å².